The highest BCUT2D eigenvalue weighted by Crippen LogP contribution is 2.24. The molecule has 146 valence electrons. The standard InChI is InChI=1S/C20H26N2O4S/c1-6-10-21(19(24)16-9-8-11-27-16)12-15(23)17-13(3)18(20(25)26-5)22(7-2)14(17)4/h8-9,11H,6-7,10,12H2,1-5H3. The summed E-state index contributed by atoms with van der Waals surface area (Å²) in [6, 6.07) is 3.59. The van der Waals surface area contributed by atoms with Gasteiger partial charge in [-0.25, -0.2) is 4.79 Å². The number of hydrogen-bond acceptors (Lipinski definition) is 5. The lowest BCUT2D eigenvalue weighted by Gasteiger charge is -2.21. The summed E-state index contributed by atoms with van der Waals surface area (Å²) in [6.45, 7) is 8.50. The highest BCUT2D eigenvalue weighted by atomic mass is 32.1. The molecule has 0 bridgehead atoms. The maximum atomic E-state index is 13.1. The smallest absolute Gasteiger partial charge is 0.354 e. The van der Waals surface area contributed by atoms with Crippen LogP contribution >= 0.6 is 11.3 Å². The van der Waals surface area contributed by atoms with Crippen molar-refractivity contribution in [2.45, 2.75) is 40.7 Å². The van der Waals surface area contributed by atoms with Crippen LogP contribution in [0.4, 0.5) is 0 Å². The molecule has 0 atom stereocenters. The molecule has 27 heavy (non-hydrogen) atoms. The first-order valence-corrected chi connectivity index (χ1v) is 9.89. The summed E-state index contributed by atoms with van der Waals surface area (Å²) in [5.74, 6) is -0.768. The van der Waals surface area contributed by atoms with Gasteiger partial charge in [0.15, 0.2) is 5.78 Å². The van der Waals surface area contributed by atoms with Crippen LogP contribution in [0.2, 0.25) is 0 Å². The van der Waals surface area contributed by atoms with Crippen molar-refractivity contribution < 1.29 is 19.1 Å². The van der Waals surface area contributed by atoms with Crippen molar-refractivity contribution in [3.8, 4) is 0 Å². The Bertz CT molecular complexity index is 837. The maximum Gasteiger partial charge on any atom is 0.354 e. The van der Waals surface area contributed by atoms with E-state index < -0.39 is 5.97 Å². The minimum atomic E-state index is -0.462. The lowest BCUT2D eigenvalue weighted by atomic mass is 10.0. The van der Waals surface area contributed by atoms with Gasteiger partial charge in [0, 0.05) is 24.3 Å². The van der Waals surface area contributed by atoms with E-state index in [1.807, 2.05) is 32.2 Å². The third-order valence-corrected chi connectivity index (χ3v) is 5.45. The minimum absolute atomic E-state index is 0.0133. The van der Waals surface area contributed by atoms with Gasteiger partial charge in [-0.05, 0) is 44.2 Å². The Hall–Kier alpha value is -2.41. The first-order valence-electron chi connectivity index (χ1n) is 9.01. The van der Waals surface area contributed by atoms with E-state index in [0.29, 0.717) is 34.8 Å². The largest absolute Gasteiger partial charge is 0.464 e. The predicted octanol–water partition coefficient (Wildman–Crippen LogP) is 3.71. The summed E-state index contributed by atoms with van der Waals surface area (Å²) in [4.78, 5) is 40.2. The van der Waals surface area contributed by atoms with E-state index in [-0.39, 0.29) is 18.2 Å². The molecule has 0 aliphatic carbocycles. The van der Waals surface area contributed by atoms with Crippen LogP contribution in [0.1, 0.15) is 62.0 Å². The van der Waals surface area contributed by atoms with Crippen molar-refractivity contribution >= 4 is 29.0 Å². The van der Waals surface area contributed by atoms with E-state index in [0.717, 1.165) is 12.1 Å². The summed E-state index contributed by atoms with van der Waals surface area (Å²) >= 11 is 1.36. The van der Waals surface area contributed by atoms with Crippen LogP contribution in [0.5, 0.6) is 0 Å². The van der Waals surface area contributed by atoms with Crippen molar-refractivity contribution in [2.75, 3.05) is 20.2 Å². The van der Waals surface area contributed by atoms with Crippen molar-refractivity contribution in [3.05, 3.63) is 44.9 Å². The Morgan fingerprint density at radius 2 is 1.93 bits per heavy atom. The zero-order valence-corrected chi connectivity index (χ0v) is 17.3. The zero-order chi connectivity index (χ0) is 20.1. The molecule has 0 aliphatic rings. The average molecular weight is 391 g/mol. The van der Waals surface area contributed by atoms with Gasteiger partial charge in [0.05, 0.1) is 18.5 Å². The topological polar surface area (TPSA) is 68.6 Å². The molecule has 7 heteroatoms. The molecule has 0 unspecified atom stereocenters. The number of carbonyl (C=O) groups is 3. The molecule has 0 fully saturated rings. The normalized spacial score (nSPS) is 10.7. The second-order valence-corrected chi connectivity index (χ2v) is 7.24. The Morgan fingerprint density at radius 1 is 1.22 bits per heavy atom. The fraction of sp³-hybridized carbons (Fsp3) is 0.450. The molecule has 2 rings (SSSR count). The molecule has 0 radical (unpaired) electrons. The molecule has 0 aliphatic heterocycles. The number of ketones is 1. The van der Waals surface area contributed by atoms with Crippen LogP contribution in [0.3, 0.4) is 0 Å². The quantitative estimate of drug-likeness (QED) is 0.509. The maximum absolute atomic E-state index is 13.1. The monoisotopic (exact) mass is 390 g/mol. The van der Waals surface area contributed by atoms with Gasteiger partial charge in [-0.15, -0.1) is 11.3 Å². The number of hydrogen-bond donors (Lipinski definition) is 0. The van der Waals surface area contributed by atoms with Crippen LogP contribution < -0.4 is 0 Å². The van der Waals surface area contributed by atoms with Gasteiger partial charge in [-0.1, -0.05) is 13.0 Å². The number of carbonyl (C=O) groups excluding carboxylic acids is 3. The number of rotatable bonds is 8. The first-order chi connectivity index (χ1) is 12.9. The van der Waals surface area contributed by atoms with Gasteiger partial charge in [-0.3, -0.25) is 9.59 Å². The fourth-order valence-corrected chi connectivity index (χ4v) is 4.08. The second kappa shape index (κ2) is 8.99. The molecular weight excluding hydrogens is 364 g/mol. The Kier molecular flexibility index (Phi) is 6.96. The van der Waals surface area contributed by atoms with Gasteiger partial charge in [0.2, 0.25) is 0 Å². The summed E-state index contributed by atoms with van der Waals surface area (Å²) < 4.78 is 6.67. The molecule has 0 N–H and O–H groups in total. The van der Waals surface area contributed by atoms with E-state index in [1.165, 1.54) is 18.4 Å². The van der Waals surface area contributed by atoms with Crippen LogP contribution in [-0.4, -0.2) is 47.3 Å². The number of Topliss-reactive ketones (excluding diaryl/α,β-unsaturated/α-hetero) is 1. The Labute approximate surface area is 163 Å². The molecule has 2 heterocycles. The summed E-state index contributed by atoms with van der Waals surface area (Å²) in [5.41, 5.74) is 2.22. The van der Waals surface area contributed by atoms with Crippen LogP contribution in [0, 0.1) is 13.8 Å². The fourth-order valence-electron chi connectivity index (χ4n) is 3.39. The van der Waals surface area contributed by atoms with Crippen molar-refractivity contribution in [2.24, 2.45) is 0 Å². The number of nitrogens with zero attached hydrogens (tertiary/aromatic N) is 2. The molecule has 1 amide bonds. The van der Waals surface area contributed by atoms with Crippen LogP contribution in [-0.2, 0) is 11.3 Å². The molecule has 0 aromatic carbocycles. The lowest BCUT2D eigenvalue weighted by molar-refractivity contribution is 0.0587. The van der Waals surface area contributed by atoms with Crippen molar-refractivity contribution in [1.82, 2.24) is 9.47 Å². The average Bonchev–Trinajstić information content (AvgIpc) is 3.26. The van der Waals surface area contributed by atoms with Crippen LogP contribution in [0.25, 0.3) is 0 Å². The van der Waals surface area contributed by atoms with E-state index in [4.69, 9.17) is 4.74 Å². The number of esters is 1. The van der Waals surface area contributed by atoms with Crippen LogP contribution in [0.15, 0.2) is 17.5 Å². The third kappa shape index (κ3) is 4.13. The van der Waals surface area contributed by atoms with Gasteiger partial charge >= 0.3 is 5.97 Å². The molecule has 6 nitrogen and oxygen atoms in total. The van der Waals surface area contributed by atoms with E-state index in [9.17, 15) is 14.4 Å². The minimum Gasteiger partial charge on any atom is -0.464 e. The van der Waals surface area contributed by atoms with E-state index >= 15 is 0 Å². The first kappa shape index (κ1) is 20.9. The summed E-state index contributed by atoms with van der Waals surface area (Å²) in [5, 5.41) is 1.84. The predicted molar refractivity (Wildman–Crippen MR) is 106 cm³/mol. The molecule has 0 spiro atoms. The SMILES string of the molecule is CCCN(CC(=O)c1c(C)c(C(=O)OC)n(CC)c1C)C(=O)c1cccs1. The van der Waals surface area contributed by atoms with E-state index in [2.05, 4.69) is 0 Å². The molecule has 2 aromatic heterocycles. The Morgan fingerprint density at radius 3 is 2.44 bits per heavy atom. The van der Waals surface area contributed by atoms with Gasteiger partial charge in [-0.2, -0.15) is 0 Å². The number of aromatic nitrogens is 1. The Balaban J connectivity index is 2.37. The number of amides is 1. The second-order valence-electron chi connectivity index (χ2n) is 6.30. The number of thiophene rings is 1. The summed E-state index contributed by atoms with van der Waals surface area (Å²) in [6.07, 6.45) is 0.756. The molecule has 2 aromatic rings. The highest BCUT2D eigenvalue weighted by molar-refractivity contribution is 7.12. The van der Waals surface area contributed by atoms with Crippen molar-refractivity contribution in [1.29, 1.82) is 0 Å². The zero-order valence-electron chi connectivity index (χ0n) is 16.5. The molecule has 0 saturated heterocycles. The number of ether oxygens (including phenoxy) is 1. The van der Waals surface area contributed by atoms with Crippen molar-refractivity contribution in [3.63, 3.8) is 0 Å². The summed E-state index contributed by atoms with van der Waals surface area (Å²) in [7, 11) is 1.33. The number of methoxy groups -OCH3 is 1. The molecule has 0 saturated carbocycles. The van der Waals surface area contributed by atoms with E-state index in [1.54, 1.807) is 22.5 Å². The third-order valence-electron chi connectivity index (χ3n) is 4.59. The van der Waals surface area contributed by atoms with Gasteiger partial charge in [0.25, 0.3) is 5.91 Å². The lowest BCUT2D eigenvalue weighted by Crippen LogP contribution is -2.36. The molecular formula is C20H26N2O4S. The van der Waals surface area contributed by atoms with Gasteiger partial charge in [0.1, 0.15) is 5.69 Å². The highest BCUT2D eigenvalue weighted by Gasteiger charge is 2.28. The van der Waals surface area contributed by atoms with Gasteiger partial charge < -0.3 is 14.2 Å².